The van der Waals surface area contributed by atoms with Crippen molar-refractivity contribution in [3.8, 4) is 5.75 Å². The first-order valence-corrected chi connectivity index (χ1v) is 8.20. The highest BCUT2D eigenvalue weighted by atomic mass is 35.5. The second kappa shape index (κ2) is 7.80. The Kier molecular flexibility index (Phi) is 5.29. The molecule has 0 aliphatic heterocycles. The lowest BCUT2D eigenvalue weighted by Gasteiger charge is -2.06. The molecule has 0 saturated carbocycles. The summed E-state index contributed by atoms with van der Waals surface area (Å²) in [5.41, 5.74) is 2.00. The van der Waals surface area contributed by atoms with Crippen LogP contribution < -0.4 is 4.74 Å². The van der Waals surface area contributed by atoms with Crippen LogP contribution in [0.1, 0.15) is 21.5 Å². The summed E-state index contributed by atoms with van der Waals surface area (Å²) in [5, 5.41) is 10.9. The number of ether oxygens (including phenoxy) is 1. The van der Waals surface area contributed by atoms with Crippen LogP contribution in [0.4, 0.5) is 5.69 Å². The molecule has 0 spiro atoms. The van der Waals surface area contributed by atoms with E-state index in [-0.39, 0.29) is 16.3 Å². The Bertz CT molecular complexity index is 940. The van der Waals surface area contributed by atoms with Gasteiger partial charge in [0, 0.05) is 6.07 Å². The zero-order valence-corrected chi connectivity index (χ0v) is 14.3. The van der Waals surface area contributed by atoms with E-state index in [9.17, 15) is 14.9 Å². The molecule has 0 heterocycles. The molecule has 0 aliphatic carbocycles. The Balaban J connectivity index is 1.70. The van der Waals surface area contributed by atoms with Crippen molar-refractivity contribution in [1.82, 2.24) is 0 Å². The molecule has 3 aromatic carbocycles. The molecule has 0 bridgehead atoms. The molecule has 3 aromatic rings. The van der Waals surface area contributed by atoms with Crippen molar-refractivity contribution in [3.63, 3.8) is 0 Å². The van der Waals surface area contributed by atoms with Crippen molar-refractivity contribution < 1.29 is 14.5 Å². The van der Waals surface area contributed by atoms with Gasteiger partial charge in [0.2, 0.25) is 0 Å². The quantitative estimate of drug-likeness (QED) is 0.273. The van der Waals surface area contributed by atoms with Crippen molar-refractivity contribution in [3.05, 3.63) is 105 Å². The maximum absolute atomic E-state index is 12.2. The Morgan fingerprint density at radius 3 is 2.27 bits per heavy atom. The fourth-order valence-corrected chi connectivity index (χ4v) is 2.64. The van der Waals surface area contributed by atoms with E-state index in [1.54, 1.807) is 12.1 Å². The molecule has 3 rings (SSSR count). The molecule has 5 nitrogen and oxygen atoms in total. The van der Waals surface area contributed by atoms with Gasteiger partial charge in [-0.3, -0.25) is 10.1 Å². The summed E-state index contributed by atoms with van der Waals surface area (Å²) < 4.78 is 5.28. The molecule has 0 saturated heterocycles. The number of nitrogens with zero attached hydrogens (tertiary/aromatic N) is 1. The van der Waals surface area contributed by atoms with Gasteiger partial charge in [0.25, 0.3) is 5.69 Å². The van der Waals surface area contributed by atoms with Crippen LogP contribution in [0.5, 0.6) is 5.75 Å². The third-order valence-electron chi connectivity index (χ3n) is 3.76. The highest BCUT2D eigenvalue weighted by molar-refractivity contribution is 6.32. The molecule has 26 heavy (non-hydrogen) atoms. The van der Waals surface area contributed by atoms with E-state index < -0.39 is 10.9 Å². The Labute approximate surface area is 155 Å². The van der Waals surface area contributed by atoms with Crippen molar-refractivity contribution in [2.24, 2.45) is 0 Å². The van der Waals surface area contributed by atoms with E-state index in [2.05, 4.69) is 0 Å². The maximum atomic E-state index is 12.2. The summed E-state index contributed by atoms with van der Waals surface area (Å²) in [6, 6.07) is 21.0. The number of benzene rings is 3. The van der Waals surface area contributed by atoms with Crippen LogP contribution in [0.3, 0.4) is 0 Å². The number of halogens is 1. The first-order chi connectivity index (χ1) is 12.5. The van der Waals surface area contributed by atoms with E-state index in [0.717, 1.165) is 18.1 Å². The molecule has 0 fully saturated rings. The molecule has 0 radical (unpaired) electrons. The topological polar surface area (TPSA) is 69.4 Å². The zero-order valence-electron chi connectivity index (χ0n) is 13.6. The van der Waals surface area contributed by atoms with Gasteiger partial charge in [-0.25, -0.2) is 4.79 Å². The van der Waals surface area contributed by atoms with Crippen LogP contribution in [0, 0.1) is 10.1 Å². The van der Waals surface area contributed by atoms with Gasteiger partial charge in [-0.05, 0) is 41.8 Å². The second-order valence-electron chi connectivity index (χ2n) is 5.62. The number of hydrogen-bond donors (Lipinski definition) is 0. The predicted molar refractivity (Wildman–Crippen MR) is 98.8 cm³/mol. The highest BCUT2D eigenvalue weighted by Crippen LogP contribution is 2.26. The lowest BCUT2D eigenvalue weighted by molar-refractivity contribution is -0.384. The third-order valence-corrected chi connectivity index (χ3v) is 4.08. The van der Waals surface area contributed by atoms with Crippen LogP contribution in [-0.4, -0.2) is 10.9 Å². The number of hydrogen-bond acceptors (Lipinski definition) is 4. The average molecular weight is 368 g/mol. The van der Waals surface area contributed by atoms with Crippen LogP contribution in [0.15, 0.2) is 72.8 Å². The molecule has 130 valence electrons. The minimum Gasteiger partial charge on any atom is -0.423 e. The summed E-state index contributed by atoms with van der Waals surface area (Å²) in [6.45, 7) is 0. The van der Waals surface area contributed by atoms with Gasteiger partial charge in [-0.2, -0.15) is 0 Å². The lowest BCUT2D eigenvalue weighted by Crippen LogP contribution is -2.09. The largest absolute Gasteiger partial charge is 0.423 e. The monoisotopic (exact) mass is 367 g/mol. The SMILES string of the molecule is O=C(Oc1ccc(Cc2ccccc2)cc1)c1ccc(Cl)c([N+](=O)[O-])c1. The zero-order chi connectivity index (χ0) is 18.5. The molecule has 6 heteroatoms. The Hall–Kier alpha value is -3.18. The van der Waals surface area contributed by atoms with Crippen LogP contribution >= 0.6 is 11.6 Å². The van der Waals surface area contributed by atoms with E-state index >= 15 is 0 Å². The first-order valence-electron chi connectivity index (χ1n) is 7.82. The van der Waals surface area contributed by atoms with Gasteiger partial charge in [0.05, 0.1) is 10.5 Å². The third kappa shape index (κ3) is 4.26. The van der Waals surface area contributed by atoms with Crippen LogP contribution in [-0.2, 0) is 6.42 Å². The predicted octanol–water partition coefficient (Wildman–Crippen LogP) is 5.06. The summed E-state index contributed by atoms with van der Waals surface area (Å²) in [5.74, 6) is -0.315. The van der Waals surface area contributed by atoms with E-state index in [4.69, 9.17) is 16.3 Å². The number of carbonyl (C=O) groups excluding carboxylic acids is 1. The van der Waals surface area contributed by atoms with Gasteiger partial charge in [0.15, 0.2) is 0 Å². The summed E-state index contributed by atoms with van der Waals surface area (Å²) in [7, 11) is 0. The molecule has 0 atom stereocenters. The molecule has 0 N–H and O–H groups in total. The van der Waals surface area contributed by atoms with Gasteiger partial charge in [-0.1, -0.05) is 54.1 Å². The summed E-state index contributed by atoms with van der Waals surface area (Å²) in [4.78, 5) is 22.5. The molecule has 0 aromatic heterocycles. The first kappa shape index (κ1) is 17.6. The fourth-order valence-electron chi connectivity index (χ4n) is 2.45. The average Bonchev–Trinajstić information content (AvgIpc) is 2.64. The Morgan fingerprint density at radius 1 is 0.962 bits per heavy atom. The van der Waals surface area contributed by atoms with Crippen LogP contribution in [0.2, 0.25) is 5.02 Å². The number of carbonyl (C=O) groups is 1. The van der Waals surface area contributed by atoms with Crippen molar-refractivity contribution in [1.29, 1.82) is 0 Å². The standard InChI is InChI=1S/C20H14ClNO4/c21-18-11-8-16(13-19(18)22(24)25)20(23)26-17-9-6-15(7-10-17)12-14-4-2-1-3-5-14/h1-11,13H,12H2. The smallest absolute Gasteiger partial charge is 0.343 e. The normalized spacial score (nSPS) is 10.3. The van der Waals surface area contributed by atoms with E-state index in [1.807, 2.05) is 42.5 Å². The summed E-state index contributed by atoms with van der Waals surface area (Å²) >= 11 is 5.75. The van der Waals surface area contributed by atoms with Gasteiger partial charge in [-0.15, -0.1) is 0 Å². The van der Waals surface area contributed by atoms with E-state index in [1.165, 1.54) is 17.7 Å². The maximum Gasteiger partial charge on any atom is 0.343 e. The van der Waals surface area contributed by atoms with Crippen molar-refractivity contribution in [2.75, 3.05) is 0 Å². The fraction of sp³-hybridized carbons (Fsp3) is 0.0500. The number of rotatable bonds is 5. The molecule has 0 amide bonds. The van der Waals surface area contributed by atoms with Gasteiger partial charge >= 0.3 is 5.97 Å². The van der Waals surface area contributed by atoms with E-state index in [0.29, 0.717) is 5.75 Å². The summed E-state index contributed by atoms with van der Waals surface area (Å²) in [6.07, 6.45) is 0.776. The molecular formula is C20H14ClNO4. The number of nitro benzene ring substituents is 1. The van der Waals surface area contributed by atoms with Crippen LogP contribution in [0.25, 0.3) is 0 Å². The van der Waals surface area contributed by atoms with Crippen molar-refractivity contribution >= 4 is 23.3 Å². The number of nitro groups is 1. The molecule has 0 unspecified atom stereocenters. The minimum atomic E-state index is -0.680. The Morgan fingerprint density at radius 2 is 1.62 bits per heavy atom. The second-order valence-corrected chi connectivity index (χ2v) is 6.03. The van der Waals surface area contributed by atoms with Crippen molar-refractivity contribution in [2.45, 2.75) is 6.42 Å². The molecule has 0 aliphatic rings. The van der Waals surface area contributed by atoms with Gasteiger partial charge < -0.3 is 4.74 Å². The minimum absolute atomic E-state index is 0.0307. The molecular weight excluding hydrogens is 354 g/mol. The highest BCUT2D eigenvalue weighted by Gasteiger charge is 2.17. The lowest BCUT2D eigenvalue weighted by atomic mass is 10.1. The van der Waals surface area contributed by atoms with Gasteiger partial charge in [0.1, 0.15) is 10.8 Å². The number of esters is 1.